The summed E-state index contributed by atoms with van der Waals surface area (Å²) in [7, 11) is 0. The van der Waals surface area contributed by atoms with Crippen molar-refractivity contribution in [2.24, 2.45) is 0 Å². The van der Waals surface area contributed by atoms with Gasteiger partial charge in [0.2, 0.25) is 0 Å². The minimum absolute atomic E-state index is 0.146. The average Bonchev–Trinajstić information content (AvgIpc) is 3.22. The van der Waals surface area contributed by atoms with Crippen LogP contribution in [0.4, 0.5) is 5.82 Å². The molecule has 6 nitrogen and oxygen atoms in total. The number of aromatic nitrogens is 4. The molecule has 0 radical (unpaired) electrons. The van der Waals surface area contributed by atoms with Crippen molar-refractivity contribution in [3.63, 3.8) is 0 Å². The maximum Gasteiger partial charge on any atom is 0.264 e. The minimum atomic E-state index is -0.195. The number of nitrogens with zero attached hydrogens (tertiary/aromatic N) is 4. The fraction of sp³-hybridized carbons (Fsp3) is 0.0870. The summed E-state index contributed by atoms with van der Waals surface area (Å²) in [5.41, 5.74) is 2.20. The molecule has 5 rings (SSSR count). The van der Waals surface area contributed by atoms with Crippen LogP contribution in [0.25, 0.3) is 22.1 Å². The molecule has 0 aliphatic carbocycles. The number of hydrogen-bond acceptors (Lipinski definition) is 4. The molecular weight excluding hydrogens is 398 g/mol. The van der Waals surface area contributed by atoms with Gasteiger partial charge in [-0.05, 0) is 42.6 Å². The van der Waals surface area contributed by atoms with Crippen LogP contribution in [0.5, 0.6) is 0 Å². The van der Waals surface area contributed by atoms with Crippen LogP contribution < -0.4 is 10.9 Å². The SMILES string of the molecule is C[C@H](Nc1ccn2nccc2n1)c1cc2cccc(Cl)c2c(=O)n1-c1ccccc1. The van der Waals surface area contributed by atoms with Crippen molar-refractivity contribution < 1.29 is 0 Å². The van der Waals surface area contributed by atoms with E-state index in [2.05, 4.69) is 15.4 Å². The number of para-hydroxylation sites is 1. The molecule has 148 valence electrons. The third-order valence-electron chi connectivity index (χ3n) is 5.10. The quantitative estimate of drug-likeness (QED) is 0.455. The summed E-state index contributed by atoms with van der Waals surface area (Å²) in [5.74, 6) is 0.703. The monoisotopic (exact) mass is 415 g/mol. The Morgan fingerprint density at radius 2 is 1.87 bits per heavy atom. The Kier molecular flexibility index (Phi) is 4.48. The van der Waals surface area contributed by atoms with Crippen LogP contribution in [0.3, 0.4) is 0 Å². The molecule has 3 heterocycles. The summed E-state index contributed by atoms with van der Waals surface area (Å²) in [6.45, 7) is 2.01. The Bertz CT molecular complexity index is 1420. The highest BCUT2D eigenvalue weighted by atomic mass is 35.5. The molecule has 0 unspecified atom stereocenters. The smallest absolute Gasteiger partial charge is 0.264 e. The number of pyridine rings is 1. The van der Waals surface area contributed by atoms with Gasteiger partial charge in [0, 0.05) is 23.6 Å². The van der Waals surface area contributed by atoms with Gasteiger partial charge in [0.25, 0.3) is 5.56 Å². The highest BCUT2D eigenvalue weighted by molar-refractivity contribution is 6.35. The fourth-order valence-electron chi connectivity index (χ4n) is 3.69. The molecule has 1 atom stereocenters. The molecule has 0 spiro atoms. The average molecular weight is 416 g/mol. The van der Waals surface area contributed by atoms with E-state index in [1.165, 1.54) is 0 Å². The second-order valence-electron chi connectivity index (χ2n) is 7.06. The van der Waals surface area contributed by atoms with Gasteiger partial charge < -0.3 is 5.32 Å². The summed E-state index contributed by atoms with van der Waals surface area (Å²) in [6, 6.07) is 20.6. The third-order valence-corrected chi connectivity index (χ3v) is 5.42. The molecule has 0 bridgehead atoms. The van der Waals surface area contributed by atoms with Gasteiger partial charge in [-0.2, -0.15) is 5.10 Å². The highest BCUT2D eigenvalue weighted by Crippen LogP contribution is 2.26. The predicted octanol–water partition coefficient (Wildman–Crippen LogP) is 4.86. The number of fused-ring (bicyclic) bond motifs is 2. The molecule has 0 saturated carbocycles. The molecule has 2 aromatic carbocycles. The zero-order chi connectivity index (χ0) is 20.7. The van der Waals surface area contributed by atoms with Gasteiger partial charge >= 0.3 is 0 Å². The van der Waals surface area contributed by atoms with Crippen LogP contribution in [0.1, 0.15) is 18.7 Å². The topological polar surface area (TPSA) is 64.2 Å². The molecule has 0 amide bonds. The molecule has 0 fully saturated rings. The third kappa shape index (κ3) is 3.11. The lowest BCUT2D eigenvalue weighted by atomic mass is 10.1. The van der Waals surface area contributed by atoms with Crippen LogP contribution in [-0.2, 0) is 0 Å². The van der Waals surface area contributed by atoms with E-state index in [0.717, 1.165) is 22.4 Å². The number of anilines is 1. The molecule has 30 heavy (non-hydrogen) atoms. The lowest BCUT2D eigenvalue weighted by Crippen LogP contribution is -2.25. The van der Waals surface area contributed by atoms with Crippen molar-refractivity contribution in [3.05, 3.63) is 100 Å². The molecule has 0 aliphatic heterocycles. The first kappa shape index (κ1) is 18.4. The van der Waals surface area contributed by atoms with E-state index in [9.17, 15) is 4.79 Å². The van der Waals surface area contributed by atoms with Crippen LogP contribution in [0, 0.1) is 0 Å². The Morgan fingerprint density at radius 3 is 2.70 bits per heavy atom. The second-order valence-corrected chi connectivity index (χ2v) is 7.47. The maximum absolute atomic E-state index is 13.5. The molecule has 7 heteroatoms. The van der Waals surface area contributed by atoms with E-state index in [1.54, 1.807) is 21.3 Å². The van der Waals surface area contributed by atoms with Crippen molar-refractivity contribution in [1.29, 1.82) is 0 Å². The highest BCUT2D eigenvalue weighted by Gasteiger charge is 2.18. The van der Waals surface area contributed by atoms with Gasteiger partial charge in [0.05, 0.1) is 22.6 Å². The molecular formula is C23H18ClN5O. The molecule has 0 aliphatic rings. The van der Waals surface area contributed by atoms with E-state index in [0.29, 0.717) is 16.2 Å². The largest absolute Gasteiger partial charge is 0.362 e. The van der Waals surface area contributed by atoms with Crippen molar-refractivity contribution >= 4 is 33.8 Å². The van der Waals surface area contributed by atoms with Gasteiger partial charge in [-0.1, -0.05) is 41.9 Å². The second kappa shape index (κ2) is 7.31. The lowest BCUT2D eigenvalue weighted by molar-refractivity contribution is 0.772. The normalized spacial score (nSPS) is 12.3. The zero-order valence-electron chi connectivity index (χ0n) is 16.2. The molecule has 5 aromatic rings. The van der Waals surface area contributed by atoms with Crippen LogP contribution in [-0.4, -0.2) is 19.2 Å². The first-order chi connectivity index (χ1) is 14.6. The van der Waals surface area contributed by atoms with E-state index < -0.39 is 0 Å². The van der Waals surface area contributed by atoms with Gasteiger partial charge in [-0.25, -0.2) is 9.50 Å². The van der Waals surface area contributed by atoms with Crippen LogP contribution >= 0.6 is 11.6 Å². The number of nitrogens with one attached hydrogen (secondary N) is 1. The maximum atomic E-state index is 13.5. The Labute approximate surface area is 177 Å². The summed E-state index contributed by atoms with van der Waals surface area (Å²) in [4.78, 5) is 18.1. The molecule has 3 aromatic heterocycles. The summed E-state index contributed by atoms with van der Waals surface area (Å²) >= 11 is 6.38. The van der Waals surface area contributed by atoms with Crippen molar-refractivity contribution in [2.75, 3.05) is 5.32 Å². The lowest BCUT2D eigenvalue weighted by Gasteiger charge is -2.21. The Balaban J connectivity index is 1.67. The minimum Gasteiger partial charge on any atom is -0.362 e. The first-order valence-corrected chi connectivity index (χ1v) is 9.96. The standard InChI is InChI=1S/C23H18ClN5O/c1-15(26-20-11-13-28-21(27-20)10-12-25-28)19-14-16-6-5-9-18(24)22(16)23(30)29(19)17-7-3-2-4-8-17/h2-15H,1H3,(H,26,27)/t15-/m0/s1. The number of rotatable bonds is 4. The van der Waals surface area contributed by atoms with E-state index in [4.69, 9.17) is 11.6 Å². The number of benzene rings is 2. The van der Waals surface area contributed by atoms with Crippen LogP contribution in [0.15, 0.2) is 83.9 Å². The summed E-state index contributed by atoms with van der Waals surface area (Å²) in [5, 5.41) is 9.35. The molecule has 0 saturated heterocycles. The van der Waals surface area contributed by atoms with E-state index in [-0.39, 0.29) is 11.6 Å². The summed E-state index contributed by atoms with van der Waals surface area (Å²) in [6.07, 6.45) is 3.55. The predicted molar refractivity (Wildman–Crippen MR) is 120 cm³/mol. The van der Waals surface area contributed by atoms with E-state index in [1.807, 2.05) is 73.8 Å². The zero-order valence-corrected chi connectivity index (χ0v) is 16.9. The number of halogens is 1. The Morgan fingerprint density at radius 1 is 1.03 bits per heavy atom. The first-order valence-electron chi connectivity index (χ1n) is 9.58. The number of hydrogen-bond donors (Lipinski definition) is 1. The van der Waals surface area contributed by atoms with Crippen molar-refractivity contribution in [3.8, 4) is 5.69 Å². The van der Waals surface area contributed by atoms with Gasteiger partial charge in [-0.15, -0.1) is 0 Å². The van der Waals surface area contributed by atoms with E-state index >= 15 is 0 Å². The van der Waals surface area contributed by atoms with Crippen LogP contribution in [0.2, 0.25) is 5.02 Å². The van der Waals surface area contributed by atoms with Crippen molar-refractivity contribution in [2.45, 2.75) is 13.0 Å². The van der Waals surface area contributed by atoms with Gasteiger partial charge in [-0.3, -0.25) is 9.36 Å². The fourth-order valence-corrected chi connectivity index (χ4v) is 3.95. The van der Waals surface area contributed by atoms with Gasteiger partial charge in [0.1, 0.15) is 5.82 Å². The van der Waals surface area contributed by atoms with Crippen molar-refractivity contribution in [1.82, 2.24) is 19.2 Å². The summed E-state index contributed by atoms with van der Waals surface area (Å²) < 4.78 is 3.41. The van der Waals surface area contributed by atoms with Gasteiger partial charge in [0.15, 0.2) is 5.65 Å². The molecule has 1 N–H and O–H groups in total. The Hall–Kier alpha value is -3.64.